The molecule has 0 saturated heterocycles. The maximum atomic E-state index is 6.39. The van der Waals surface area contributed by atoms with Gasteiger partial charge >= 0.3 is 0 Å². The van der Waals surface area contributed by atoms with Crippen molar-refractivity contribution in [3.05, 3.63) is 114 Å². The zero-order chi connectivity index (χ0) is 22.2. The number of hydrogen-bond acceptors (Lipinski definition) is 3. The van der Waals surface area contributed by atoms with Crippen LogP contribution >= 0.6 is 11.6 Å². The van der Waals surface area contributed by atoms with Crippen molar-refractivity contribution in [2.24, 2.45) is 0 Å². The Balaban J connectivity index is 1.51. The first-order valence-corrected chi connectivity index (χ1v) is 11.1. The summed E-state index contributed by atoms with van der Waals surface area (Å²) >= 11 is 6.39. The van der Waals surface area contributed by atoms with Gasteiger partial charge in [0.25, 0.3) is 0 Å². The van der Waals surface area contributed by atoms with Crippen LogP contribution in [0.3, 0.4) is 0 Å². The number of nitrogens with zero attached hydrogens (tertiary/aromatic N) is 3. The number of hydrogen-bond donors (Lipinski definition) is 0. The fourth-order valence-corrected chi connectivity index (χ4v) is 4.46. The molecule has 0 fully saturated rings. The van der Waals surface area contributed by atoms with Gasteiger partial charge in [0, 0.05) is 11.1 Å². The average molecular weight is 444 g/mol. The third kappa shape index (κ3) is 3.63. The number of benzene rings is 5. The molecule has 0 N–H and O–H groups in total. The lowest BCUT2D eigenvalue weighted by atomic mass is 9.98. The van der Waals surface area contributed by atoms with Crippen LogP contribution in [0.15, 0.2) is 109 Å². The van der Waals surface area contributed by atoms with Crippen molar-refractivity contribution in [1.29, 1.82) is 0 Å². The van der Waals surface area contributed by atoms with E-state index in [-0.39, 0.29) is 5.28 Å². The minimum Gasteiger partial charge on any atom is -0.208 e. The van der Waals surface area contributed by atoms with Gasteiger partial charge in [0.05, 0.1) is 0 Å². The van der Waals surface area contributed by atoms with E-state index >= 15 is 0 Å². The molecule has 1 aromatic heterocycles. The van der Waals surface area contributed by atoms with Crippen molar-refractivity contribution in [3.63, 3.8) is 0 Å². The SMILES string of the molecule is Clc1nc(-c2cccc(-c3ccccc3)c2)nc(-c2cccc3c2ccc2ccccc23)n1. The summed E-state index contributed by atoms with van der Waals surface area (Å²) in [5.74, 6) is 1.12. The van der Waals surface area contributed by atoms with Crippen LogP contribution in [0.5, 0.6) is 0 Å². The average Bonchev–Trinajstić information content (AvgIpc) is 2.88. The van der Waals surface area contributed by atoms with E-state index in [1.807, 2.05) is 42.5 Å². The smallest absolute Gasteiger partial charge is 0.208 e. The summed E-state index contributed by atoms with van der Waals surface area (Å²) in [4.78, 5) is 13.8. The van der Waals surface area contributed by atoms with Gasteiger partial charge < -0.3 is 0 Å². The van der Waals surface area contributed by atoms with E-state index in [1.54, 1.807) is 0 Å². The molecule has 0 saturated carbocycles. The normalized spacial score (nSPS) is 11.2. The molecule has 0 aliphatic rings. The van der Waals surface area contributed by atoms with Crippen LogP contribution in [0.4, 0.5) is 0 Å². The first-order valence-electron chi connectivity index (χ1n) is 10.7. The summed E-state index contributed by atoms with van der Waals surface area (Å²) in [6, 6.07) is 37.3. The van der Waals surface area contributed by atoms with Gasteiger partial charge in [0.2, 0.25) is 5.28 Å². The van der Waals surface area contributed by atoms with Crippen LogP contribution < -0.4 is 0 Å². The Labute approximate surface area is 196 Å². The second-order valence-electron chi connectivity index (χ2n) is 7.89. The fourth-order valence-electron chi connectivity index (χ4n) is 4.30. The lowest BCUT2D eigenvalue weighted by molar-refractivity contribution is 1.07. The second kappa shape index (κ2) is 8.12. The maximum Gasteiger partial charge on any atom is 0.226 e. The van der Waals surface area contributed by atoms with Gasteiger partial charge in [0.1, 0.15) is 0 Å². The monoisotopic (exact) mass is 443 g/mol. The van der Waals surface area contributed by atoms with E-state index < -0.39 is 0 Å². The minimum atomic E-state index is 0.179. The number of rotatable bonds is 3. The predicted octanol–water partition coefficient (Wildman–Crippen LogP) is 7.83. The van der Waals surface area contributed by atoms with Gasteiger partial charge in [-0.05, 0) is 50.3 Å². The van der Waals surface area contributed by atoms with Crippen LogP contribution in [0.25, 0.3) is 55.4 Å². The van der Waals surface area contributed by atoms with Gasteiger partial charge in [-0.15, -0.1) is 0 Å². The van der Waals surface area contributed by atoms with Crippen LogP contribution in [-0.4, -0.2) is 15.0 Å². The number of halogens is 1. The molecule has 4 heteroatoms. The van der Waals surface area contributed by atoms with Gasteiger partial charge in [-0.25, -0.2) is 4.98 Å². The van der Waals surface area contributed by atoms with Gasteiger partial charge in [-0.3, -0.25) is 0 Å². The molecule has 1 heterocycles. The van der Waals surface area contributed by atoms with Gasteiger partial charge in [0.15, 0.2) is 11.6 Å². The van der Waals surface area contributed by atoms with Gasteiger partial charge in [-0.2, -0.15) is 9.97 Å². The van der Waals surface area contributed by atoms with Crippen molar-refractivity contribution >= 4 is 33.1 Å². The molecular weight excluding hydrogens is 426 g/mol. The third-order valence-electron chi connectivity index (χ3n) is 5.86. The zero-order valence-electron chi connectivity index (χ0n) is 17.6. The van der Waals surface area contributed by atoms with Crippen LogP contribution in [0.2, 0.25) is 5.28 Å². The van der Waals surface area contributed by atoms with Crippen molar-refractivity contribution in [2.45, 2.75) is 0 Å². The Kier molecular flexibility index (Phi) is 4.82. The molecule has 0 amide bonds. The Morgan fingerprint density at radius 1 is 0.455 bits per heavy atom. The molecule has 6 aromatic rings. The van der Waals surface area contributed by atoms with Crippen molar-refractivity contribution in [3.8, 4) is 33.9 Å². The quantitative estimate of drug-likeness (QED) is 0.261. The lowest BCUT2D eigenvalue weighted by Gasteiger charge is -2.10. The highest BCUT2D eigenvalue weighted by atomic mass is 35.5. The molecule has 0 spiro atoms. The van der Waals surface area contributed by atoms with E-state index in [4.69, 9.17) is 16.6 Å². The first-order chi connectivity index (χ1) is 16.3. The molecule has 3 nitrogen and oxygen atoms in total. The topological polar surface area (TPSA) is 38.7 Å². The molecule has 33 heavy (non-hydrogen) atoms. The first kappa shape index (κ1) is 19.6. The van der Waals surface area contributed by atoms with Crippen LogP contribution in [0.1, 0.15) is 0 Å². The molecule has 5 aromatic carbocycles. The molecule has 0 aliphatic carbocycles. The Bertz CT molecular complexity index is 1630. The largest absolute Gasteiger partial charge is 0.226 e. The molecular formula is C29H18ClN3. The predicted molar refractivity (Wildman–Crippen MR) is 136 cm³/mol. The van der Waals surface area contributed by atoms with Gasteiger partial charge in [-0.1, -0.05) is 103 Å². The van der Waals surface area contributed by atoms with Crippen molar-refractivity contribution in [1.82, 2.24) is 15.0 Å². The molecule has 156 valence electrons. The van der Waals surface area contributed by atoms with E-state index in [9.17, 15) is 0 Å². The van der Waals surface area contributed by atoms with Crippen molar-refractivity contribution < 1.29 is 0 Å². The summed E-state index contributed by atoms with van der Waals surface area (Å²) in [7, 11) is 0. The summed E-state index contributed by atoms with van der Waals surface area (Å²) in [5.41, 5.74) is 4.07. The van der Waals surface area contributed by atoms with E-state index in [2.05, 4.69) is 76.7 Å². The summed E-state index contributed by atoms with van der Waals surface area (Å²) in [6.07, 6.45) is 0. The van der Waals surface area contributed by atoms with Crippen molar-refractivity contribution in [2.75, 3.05) is 0 Å². The molecule has 0 aliphatic heterocycles. The Hall–Kier alpha value is -4.08. The number of fused-ring (bicyclic) bond motifs is 3. The summed E-state index contributed by atoms with van der Waals surface area (Å²) < 4.78 is 0. The fraction of sp³-hybridized carbons (Fsp3) is 0. The van der Waals surface area contributed by atoms with Crippen LogP contribution in [-0.2, 0) is 0 Å². The van der Waals surface area contributed by atoms with Crippen LogP contribution in [0, 0.1) is 0 Å². The zero-order valence-corrected chi connectivity index (χ0v) is 18.4. The standard InChI is InChI=1S/C29H18ClN3/c30-29-32-27(22-12-6-11-21(18-22)19-8-2-1-3-9-19)31-28(33-29)26-15-7-14-24-23-13-5-4-10-20(23)16-17-25(24)26/h1-18H. The molecule has 0 atom stereocenters. The van der Waals surface area contributed by atoms with E-state index in [1.165, 1.54) is 10.8 Å². The molecule has 0 unspecified atom stereocenters. The Morgan fingerprint density at radius 2 is 1.15 bits per heavy atom. The lowest BCUT2D eigenvalue weighted by Crippen LogP contribution is -1.98. The highest BCUT2D eigenvalue weighted by Gasteiger charge is 2.13. The summed E-state index contributed by atoms with van der Waals surface area (Å²) in [6.45, 7) is 0. The highest BCUT2D eigenvalue weighted by molar-refractivity contribution is 6.28. The van der Waals surface area contributed by atoms with E-state index in [0.717, 1.165) is 33.0 Å². The molecule has 0 bridgehead atoms. The second-order valence-corrected chi connectivity index (χ2v) is 8.22. The molecule has 0 radical (unpaired) electrons. The van der Waals surface area contributed by atoms with E-state index in [0.29, 0.717) is 11.6 Å². The third-order valence-corrected chi connectivity index (χ3v) is 6.03. The minimum absolute atomic E-state index is 0.179. The maximum absolute atomic E-state index is 6.39. The Morgan fingerprint density at radius 3 is 2.06 bits per heavy atom. The summed E-state index contributed by atoms with van der Waals surface area (Å²) in [5, 5.41) is 4.83. The highest BCUT2D eigenvalue weighted by Crippen LogP contribution is 2.33. The number of aromatic nitrogens is 3. The molecule has 6 rings (SSSR count).